The van der Waals surface area contributed by atoms with E-state index in [-0.39, 0.29) is 29.6 Å². The molecule has 29 heavy (non-hydrogen) atoms. The Kier molecular flexibility index (Phi) is 5.87. The van der Waals surface area contributed by atoms with Crippen LogP contribution >= 0.6 is 0 Å². The quantitative estimate of drug-likeness (QED) is 0.669. The monoisotopic (exact) mass is 392 g/mol. The van der Waals surface area contributed by atoms with E-state index in [9.17, 15) is 14.4 Å². The van der Waals surface area contributed by atoms with Crippen LogP contribution in [0.25, 0.3) is 0 Å². The number of rotatable bonds is 8. The van der Waals surface area contributed by atoms with Gasteiger partial charge in [-0.3, -0.25) is 19.3 Å². The van der Waals surface area contributed by atoms with E-state index < -0.39 is 0 Å². The highest BCUT2D eigenvalue weighted by Gasteiger charge is 2.35. The molecule has 1 N–H and O–H groups in total. The Labute approximate surface area is 172 Å². The number of ketones is 1. The second-order valence-electron chi connectivity index (χ2n) is 8.24. The molecule has 0 aliphatic carbocycles. The third kappa shape index (κ3) is 4.24. The minimum absolute atomic E-state index is 0.0867. The molecule has 0 fully saturated rings. The first-order chi connectivity index (χ1) is 13.7. The van der Waals surface area contributed by atoms with Crippen molar-refractivity contribution in [1.82, 2.24) is 4.90 Å². The van der Waals surface area contributed by atoms with E-state index in [1.54, 1.807) is 31.2 Å². The number of carbonyl (C=O) groups excluding carboxylic acids is 3. The summed E-state index contributed by atoms with van der Waals surface area (Å²) in [5.41, 5.74) is 3.87. The zero-order chi connectivity index (χ0) is 21.2. The van der Waals surface area contributed by atoms with Crippen molar-refractivity contribution in [2.75, 3.05) is 11.9 Å². The summed E-state index contributed by atoms with van der Waals surface area (Å²) < 4.78 is 0. The SMILES string of the molecule is CCC(C)(C)c1cc(CN2C(=O)c3ccccc3C2=O)ccc1NCCC(C)=O. The zero-order valence-electron chi connectivity index (χ0n) is 17.5. The highest BCUT2D eigenvalue weighted by Crippen LogP contribution is 2.34. The second kappa shape index (κ2) is 8.19. The van der Waals surface area contributed by atoms with Gasteiger partial charge in [0.1, 0.15) is 5.78 Å². The van der Waals surface area contributed by atoms with Crippen molar-refractivity contribution in [3.8, 4) is 0 Å². The van der Waals surface area contributed by atoms with Crippen LogP contribution in [0.4, 0.5) is 5.69 Å². The first kappa shape index (κ1) is 20.8. The van der Waals surface area contributed by atoms with Gasteiger partial charge in [-0.15, -0.1) is 0 Å². The number of Topliss-reactive ketones (excluding diaryl/α,β-unsaturated/α-hetero) is 1. The summed E-state index contributed by atoms with van der Waals surface area (Å²) in [7, 11) is 0. The lowest BCUT2D eigenvalue weighted by atomic mass is 9.80. The van der Waals surface area contributed by atoms with Crippen LogP contribution in [0.1, 0.15) is 72.4 Å². The van der Waals surface area contributed by atoms with E-state index in [4.69, 9.17) is 0 Å². The molecule has 2 aromatic carbocycles. The molecule has 3 rings (SSSR count). The number of benzene rings is 2. The Balaban J connectivity index is 1.87. The van der Waals surface area contributed by atoms with Crippen LogP contribution < -0.4 is 5.32 Å². The van der Waals surface area contributed by atoms with Crippen LogP contribution in [0, 0.1) is 0 Å². The first-order valence-electron chi connectivity index (χ1n) is 10.1. The number of imide groups is 1. The van der Waals surface area contributed by atoms with E-state index in [0.29, 0.717) is 24.1 Å². The number of nitrogens with zero attached hydrogens (tertiary/aromatic N) is 1. The second-order valence-corrected chi connectivity index (χ2v) is 8.24. The van der Waals surface area contributed by atoms with Crippen molar-refractivity contribution < 1.29 is 14.4 Å². The molecule has 0 saturated heterocycles. The van der Waals surface area contributed by atoms with Crippen LogP contribution in [0.2, 0.25) is 0 Å². The molecule has 0 bridgehead atoms. The van der Waals surface area contributed by atoms with E-state index >= 15 is 0 Å². The summed E-state index contributed by atoms with van der Waals surface area (Å²) in [6.45, 7) is 8.89. The molecule has 2 aromatic rings. The Morgan fingerprint density at radius 3 is 2.21 bits per heavy atom. The lowest BCUT2D eigenvalue weighted by molar-refractivity contribution is -0.116. The minimum atomic E-state index is -0.245. The molecule has 5 heteroatoms. The van der Waals surface area contributed by atoms with Crippen LogP contribution in [-0.2, 0) is 16.8 Å². The van der Waals surface area contributed by atoms with Gasteiger partial charge in [-0.1, -0.05) is 45.0 Å². The minimum Gasteiger partial charge on any atom is -0.384 e. The van der Waals surface area contributed by atoms with Gasteiger partial charge in [0.2, 0.25) is 0 Å². The maximum atomic E-state index is 12.7. The molecule has 1 aliphatic rings. The Morgan fingerprint density at radius 2 is 1.66 bits per heavy atom. The molecule has 0 unspecified atom stereocenters. The zero-order valence-corrected chi connectivity index (χ0v) is 17.5. The third-order valence-corrected chi connectivity index (χ3v) is 5.71. The summed E-state index contributed by atoms with van der Waals surface area (Å²) in [5.74, 6) is -0.341. The molecule has 0 radical (unpaired) electrons. The Hall–Kier alpha value is -2.95. The van der Waals surface area contributed by atoms with Crippen molar-refractivity contribution in [1.29, 1.82) is 0 Å². The number of hydrogen-bond donors (Lipinski definition) is 1. The lowest BCUT2D eigenvalue weighted by Gasteiger charge is -2.28. The fourth-order valence-electron chi connectivity index (χ4n) is 3.53. The van der Waals surface area contributed by atoms with Gasteiger partial charge < -0.3 is 5.32 Å². The fourth-order valence-corrected chi connectivity index (χ4v) is 3.53. The maximum absolute atomic E-state index is 12.7. The van der Waals surface area contributed by atoms with E-state index in [2.05, 4.69) is 32.2 Å². The average Bonchev–Trinajstić information content (AvgIpc) is 2.93. The van der Waals surface area contributed by atoms with Crippen LogP contribution in [0.5, 0.6) is 0 Å². The van der Waals surface area contributed by atoms with Crippen molar-refractivity contribution in [2.24, 2.45) is 0 Å². The van der Waals surface area contributed by atoms with Crippen LogP contribution in [0.3, 0.4) is 0 Å². The van der Waals surface area contributed by atoms with Crippen molar-refractivity contribution in [2.45, 2.75) is 52.5 Å². The fraction of sp³-hybridized carbons (Fsp3) is 0.375. The topological polar surface area (TPSA) is 66.5 Å². The standard InChI is InChI=1S/C24H28N2O3/c1-5-24(3,4)20-14-17(10-11-21(20)25-13-12-16(2)27)15-26-22(28)18-8-6-7-9-19(18)23(26)29/h6-11,14,25H,5,12-13,15H2,1-4H3. The summed E-state index contributed by atoms with van der Waals surface area (Å²) in [6, 6.07) is 12.9. The Bertz CT molecular complexity index is 927. The molecule has 5 nitrogen and oxygen atoms in total. The summed E-state index contributed by atoms with van der Waals surface area (Å²) in [4.78, 5) is 37.9. The predicted octanol–water partition coefficient (Wildman–Crippen LogP) is 4.56. The van der Waals surface area contributed by atoms with Gasteiger partial charge in [0.15, 0.2) is 0 Å². The first-order valence-corrected chi connectivity index (χ1v) is 10.1. The predicted molar refractivity (Wildman–Crippen MR) is 114 cm³/mol. The lowest BCUT2D eigenvalue weighted by Crippen LogP contribution is -2.29. The van der Waals surface area contributed by atoms with Crippen molar-refractivity contribution >= 4 is 23.3 Å². The van der Waals surface area contributed by atoms with Crippen molar-refractivity contribution in [3.63, 3.8) is 0 Å². The van der Waals surface area contributed by atoms with Gasteiger partial charge in [-0.25, -0.2) is 0 Å². The molecule has 2 amide bonds. The van der Waals surface area contributed by atoms with Crippen LogP contribution in [-0.4, -0.2) is 29.0 Å². The van der Waals surface area contributed by atoms with Gasteiger partial charge in [0.05, 0.1) is 17.7 Å². The maximum Gasteiger partial charge on any atom is 0.261 e. The normalized spacial score (nSPS) is 13.6. The number of nitrogens with one attached hydrogen (secondary N) is 1. The highest BCUT2D eigenvalue weighted by molar-refractivity contribution is 6.21. The van der Waals surface area contributed by atoms with Crippen LogP contribution in [0.15, 0.2) is 42.5 Å². The van der Waals surface area contributed by atoms with E-state index in [1.165, 1.54) is 4.90 Å². The molecular weight excluding hydrogens is 364 g/mol. The third-order valence-electron chi connectivity index (χ3n) is 5.71. The molecule has 1 aliphatic heterocycles. The number of carbonyl (C=O) groups is 3. The molecule has 0 aromatic heterocycles. The number of amides is 2. The summed E-state index contributed by atoms with van der Waals surface area (Å²) in [5, 5.41) is 3.37. The van der Waals surface area contributed by atoms with Gasteiger partial charge in [-0.2, -0.15) is 0 Å². The summed E-state index contributed by atoms with van der Waals surface area (Å²) in [6.07, 6.45) is 1.41. The smallest absolute Gasteiger partial charge is 0.261 e. The van der Waals surface area contributed by atoms with Crippen molar-refractivity contribution in [3.05, 3.63) is 64.7 Å². The highest BCUT2D eigenvalue weighted by atomic mass is 16.2. The molecular formula is C24H28N2O3. The molecule has 0 atom stereocenters. The molecule has 152 valence electrons. The molecule has 0 spiro atoms. The molecule has 0 saturated carbocycles. The van der Waals surface area contributed by atoms with E-state index in [1.807, 2.05) is 12.1 Å². The number of fused-ring (bicyclic) bond motifs is 1. The average molecular weight is 392 g/mol. The van der Waals surface area contributed by atoms with Gasteiger partial charge in [0.25, 0.3) is 11.8 Å². The molecule has 1 heterocycles. The van der Waals surface area contributed by atoms with Gasteiger partial charge in [-0.05, 0) is 48.1 Å². The Morgan fingerprint density at radius 1 is 1.03 bits per heavy atom. The van der Waals surface area contributed by atoms with E-state index in [0.717, 1.165) is 23.2 Å². The largest absolute Gasteiger partial charge is 0.384 e. The number of hydrogen-bond acceptors (Lipinski definition) is 4. The van der Waals surface area contributed by atoms with Gasteiger partial charge >= 0.3 is 0 Å². The van der Waals surface area contributed by atoms with Gasteiger partial charge in [0, 0.05) is 18.7 Å². The summed E-state index contributed by atoms with van der Waals surface area (Å²) >= 11 is 0. The number of anilines is 1.